The predicted molar refractivity (Wildman–Crippen MR) is 74.6 cm³/mol. The summed E-state index contributed by atoms with van der Waals surface area (Å²) in [4.78, 5) is 11.3. The van der Waals surface area contributed by atoms with Crippen LogP contribution < -0.4 is 10.1 Å². The lowest BCUT2D eigenvalue weighted by atomic mass is 9.96. The van der Waals surface area contributed by atoms with E-state index in [9.17, 15) is 4.79 Å². The number of fused-ring (bicyclic) bond motifs is 2. The van der Waals surface area contributed by atoms with E-state index < -0.39 is 0 Å². The first-order valence-electron chi connectivity index (χ1n) is 7.33. The fourth-order valence-corrected chi connectivity index (χ4v) is 3.18. The van der Waals surface area contributed by atoms with Crippen molar-refractivity contribution >= 4 is 5.91 Å². The van der Waals surface area contributed by atoms with E-state index in [0.29, 0.717) is 12.3 Å². The quantitative estimate of drug-likeness (QED) is 0.902. The molecule has 2 aliphatic rings. The summed E-state index contributed by atoms with van der Waals surface area (Å²) in [6, 6.07) is 4.58. The Bertz CT molecular complexity index is 496. The third-order valence-corrected chi connectivity index (χ3v) is 4.29. The molecule has 1 heterocycles. The monoisotopic (exact) mass is 259 g/mol. The second-order valence-corrected chi connectivity index (χ2v) is 5.48. The molecule has 1 aliphatic heterocycles. The van der Waals surface area contributed by atoms with Crippen molar-refractivity contribution in [1.82, 2.24) is 5.32 Å². The molecule has 3 nitrogen and oxygen atoms in total. The highest BCUT2D eigenvalue weighted by atomic mass is 16.5. The van der Waals surface area contributed by atoms with Crippen LogP contribution in [-0.4, -0.2) is 19.1 Å². The number of hydrogen-bond acceptors (Lipinski definition) is 2. The number of aryl methyl sites for hydroxylation is 1. The molecule has 0 saturated carbocycles. The Labute approximate surface area is 114 Å². The van der Waals surface area contributed by atoms with Crippen LogP contribution in [0.2, 0.25) is 0 Å². The zero-order valence-corrected chi connectivity index (χ0v) is 11.5. The number of ether oxygens (including phenoxy) is 1. The van der Waals surface area contributed by atoms with Crippen LogP contribution >= 0.6 is 0 Å². The molecule has 1 atom stereocenters. The normalized spacial score (nSPS) is 19.7. The van der Waals surface area contributed by atoms with Crippen molar-refractivity contribution in [2.24, 2.45) is 0 Å². The van der Waals surface area contributed by atoms with Gasteiger partial charge in [-0.05, 0) is 47.9 Å². The molecule has 1 aromatic carbocycles. The minimum Gasteiger partial charge on any atom is -0.493 e. The molecule has 0 saturated heterocycles. The summed E-state index contributed by atoms with van der Waals surface area (Å²) in [5, 5.41) is 2.97. The third kappa shape index (κ3) is 2.46. The van der Waals surface area contributed by atoms with Gasteiger partial charge in [0.2, 0.25) is 5.91 Å². The molecule has 1 aliphatic carbocycles. The molecular weight excluding hydrogens is 238 g/mol. The van der Waals surface area contributed by atoms with Crippen LogP contribution in [0.1, 0.15) is 48.8 Å². The zero-order valence-electron chi connectivity index (χ0n) is 11.5. The summed E-state index contributed by atoms with van der Waals surface area (Å²) < 4.78 is 5.66. The minimum absolute atomic E-state index is 0.149. The minimum atomic E-state index is 0.149. The molecule has 0 fully saturated rings. The number of amides is 1. The molecule has 0 unspecified atom stereocenters. The zero-order chi connectivity index (χ0) is 13.2. The van der Waals surface area contributed by atoms with Gasteiger partial charge in [-0.2, -0.15) is 0 Å². The molecule has 0 radical (unpaired) electrons. The van der Waals surface area contributed by atoms with E-state index in [2.05, 4.69) is 17.4 Å². The molecule has 0 bridgehead atoms. The fourth-order valence-electron chi connectivity index (χ4n) is 3.18. The Kier molecular flexibility index (Phi) is 3.45. The van der Waals surface area contributed by atoms with Crippen LogP contribution in [0.15, 0.2) is 12.1 Å². The lowest BCUT2D eigenvalue weighted by molar-refractivity contribution is -0.120. The number of hydrogen-bond donors (Lipinski definition) is 1. The van der Waals surface area contributed by atoms with E-state index in [-0.39, 0.29) is 5.91 Å². The van der Waals surface area contributed by atoms with Crippen LogP contribution in [-0.2, 0) is 17.6 Å². The Morgan fingerprint density at radius 1 is 1.37 bits per heavy atom. The predicted octanol–water partition coefficient (Wildman–Crippen LogP) is 2.57. The topological polar surface area (TPSA) is 38.3 Å². The van der Waals surface area contributed by atoms with Crippen LogP contribution in [0.25, 0.3) is 0 Å². The van der Waals surface area contributed by atoms with Gasteiger partial charge in [-0.15, -0.1) is 0 Å². The van der Waals surface area contributed by atoms with Gasteiger partial charge >= 0.3 is 0 Å². The van der Waals surface area contributed by atoms with Crippen LogP contribution in [0, 0.1) is 0 Å². The Hall–Kier alpha value is -1.51. The highest BCUT2D eigenvalue weighted by Crippen LogP contribution is 2.40. The second kappa shape index (κ2) is 5.24. The second-order valence-electron chi connectivity index (χ2n) is 5.48. The van der Waals surface area contributed by atoms with Crippen molar-refractivity contribution in [3.63, 3.8) is 0 Å². The molecule has 1 amide bonds. The summed E-state index contributed by atoms with van der Waals surface area (Å²) >= 11 is 0. The molecule has 1 aromatic rings. The molecule has 3 heteroatoms. The highest BCUT2D eigenvalue weighted by molar-refractivity contribution is 5.75. The van der Waals surface area contributed by atoms with E-state index in [1.165, 1.54) is 29.5 Å². The van der Waals surface area contributed by atoms with Gasteiger partial charge in [0.05, 0.1) is 6.61 Å². The van der Waals surface area contributed by atoms with E-state index in [0.717, 1.165) is 31.7 Å². The molecule has 19 heavy (non-hydrogen) atoms. The van der Waals surface area contributed by atoms with Crippen molar-refractivity contribution in [2.75, 3.05) is 13.2 Å². The molecule has 3 rings (SSSR count). The first kappa shape index (κ1) is 12.5. The Balaban J connectivity index is 1.66. The van der Waals surface area contributed by atoms with Crippen LogP contribution in [0.5, 0.6) is 5.75 Å². The average molecular weight is 259 g/mol. The van der Waals surface area contributed by atoms with Crippen LogP contribution in [0.3, 0.4) is 0 Å². The van der Waals surface area contributed by atoms with Crippen molar-refractivity contribution in [2.45, 2.75) is 44.9 Å². The maximum absolute atomic E-state index is 11.3. The SMILES string of the molecule is CCC(=O)NCC[C@H]1CCc2cc3c(cc21)OCC3. The smallest absolute Gasteiger partial charge is 0.219 e. The standard InChI is InChI=1S/C16H21NO2/c1-2-16(18)17-7-5-11-3-4-12-9-13-6-8-19-15(13)10-14(11)12/h9-11H,2-8H2,1H3,(H,17,18)/t11-/m1/s1. The van der Waals surface area contributed by atoms with Crippen molar-refractivity contribution < 1.29 is 9.53 Å². The fraction of sp³-hybridized carbons (Fsp3) is 0.562. The van der Waals surface area contributed by atoms with Gasteiger partial charge in [0, 0.05) is 19.4 Å². The number of carbonyl (C=O) groups is 1. The largest absolute Gasteiger partial charge is 0.493 e. The van der Waals surface area contributed by atoms with Crippen molar-refractivity contribution in [1.29, 1.82) is 0 Å². The Morgan fingerprint density at radius 2 is 2.26 bits per heavy atom. The van der Waals surface area contributed by atoms with E-state index in [1.54, 1.807) is 0 Å². The van der Waals surface area contributed by atoms with Crippen LogP contribution in [0.4, 0.5) is 0 Å². The van der Waals surface area contributed by atoms with Gasteiger partial charge in [-0.3, -0.25) is 4.79 Å². The summed E-state index contributed by atoms with van der Waals surface area (Å²) in [5.74, 6) is 1.82. The van der Waals surface area contributed by atoms with Gasteiger partial charge < -0.3 is 10.1 Å². The van der Waals surface area contributed by atoms with Crippen molar-refractivity contribution in [3.05, 3.63) is 28.8 Å². The first-order valence-corrected chi connectivity index (χ1v) is 7.33. The first-order chi connectivity index (χ1) is 9.28. The van der Waals surface area contributed by atoms with Gasteiger partial charge in [0.15, 0.2) is 0 Å². The summed E-state index contributed by atoms with van der Waals surface area (Å²) in [6.07, 6.45) is 5.05. The Morgan fingerprint density at radius 3 is 3.11 bits per heavy atom. The van der Waals surface area contributed by atoms with Gasteiger partial charge in [-0.1, -0.05) is 13.0 Å². The third-order valence-electron chi connectivity index (χ3n) is 4.29. The molecular formula is C16H21NO2. The number of benzene rings is 1. The maximum atomic E-state index is 11.3. The molecule has 0 spiro atoms. The summed E-state index contributed by atoms with van der Waals surface area (Å²) in [7, 11) is 0. The molecule has 102 valence electrons. The number of rotatable bonds is 4. The number of carbonyl (C=O) groups excluding carboxylic acids is 1. The highest BCUT2D eigenvalue weighted by Gasteiger charge is 2.25. The van der Waals surface area contributed by atoms with Gasteiger partial charge in [0.1, 0.15) is 5.75 Å². The summed E-state index contributed by atoms with van der Waals surface area (Å²) in [6.45, 7) is 3.50. The lowest BCUT2D eigenvalue weighted by Gasteiger charge is -2.13. The van der Waals surface area contributed by atoms with Gasteiger partial charge in [0.25, 0.3) is 0 Å². The van der Waals surface area contributed by atoms with E-state index >= 15 is 0 Å². The van der Waals surface area contributed by atoms with Crippen molar-refractivity contribution in [3.8, 4) is 5.75 Å². The average Bonchev–Trinajstić information content (AvgIpc) is 3.02. The molecule has 0 aromatic heterocycles. The van der Waals surface area contributed by atoms with E-state index in [1.807, 2.05) is 6.92 Å². The maximum Gasteiger partial charge on any atom is 0.219 e. The molecule has 1 N–H and O–H groups in total. The van der Waals surface area contributed by atoms with Gasteiger partial charge in [-0.25, -0.2) is 0 Å². The van der Waals surface area contributed by atoms with E-state index in [4.69, 9.17) is 4.74 Å². The lowest BCUT2D eigenvalue weighted by Crippen LogP contribution is -2.24. The number of nitrogens with one attached hydrogen (secondary N) is 1. The summed E-state index contributed by atoms with van der Waals surface area (Å²) in [5.41, 5.74) is 4.32.